The van der Waals surface area contributed by atoms with Crippen molar-refractivity contribution in [3.63, 3.8) is 0 Å². The molecule has 0 aliphatic carbocycles. The number of ether oxygens (including phenoxy) is 1. The van der Waals surface area contributed by atoms with Gasteiger partial charge in [-0.2, -0.15) is 0 Å². The van der Waals surface area contributed by atoms with Crippen molar-refractivity contribution in [3.8, 4) is 0 Å². The smallest absolute Gasteiger partial charge is 0.326 e. The van der Waals surface area contributed by atoms with Gasteiger partial charge in [0.25, 0.3) is 11.5 Å². The SMILES string of the molecule is CC(C)(C)OC(=O)CCC[C@H](NC(=O)c1cccn(C(c2ccccc2)c2ccccc2)c1=O)C(=O)O. The zero-order chi connectivity index (χ0) is 27.0. The van der Waals surface area contributed by atoms with Gasteiger partial charge in [0.1, 0.15) is 17.2 Å². The number of nitrogens with zero attached hydrogens (tertiary/aromatic N) is 1. The Morgan fingerprint density at radius 1 is 0.919 bits per heavy atom. The molecule has 1 amide bonds. The summed E-state index contributed by atoms with van der Waals surface area (Å²) in [7, 11) is 0. The van der Waals surface area contributed by atoms with Gasteiger partial charge in [0, 0.05) is 12.6 Å². The van der Waals surface area contributed by atoms with Crippen LogP contribution in [0.2, 0.25) is 0 Å². The molecule has 3 aromatic rings. The Hall–Kier alpha value is -4.20. The highest BCUT2D eigenvalue weighted by Crippen LogP contribution is 2.25. The molecule has 194 valence electrons. The molecule has 0 spiro atoms. The van der Waals surface area contributed by atoms with E-state index in [1.807, 2.05) is 60.7 Å². The van der Waals surface area contributed by atoms with Gasteiger partial charge in [-0.15, -0.1) is 0 Å². The molecular weight excluding hydrogens is 472 g/mol. The molecule has 3 rings (SSSR count). The van der Waals surface area contributed by atoms with Crippen molar-refractivity contribution in [1.29, 1.82) is 0 Å². The second-order valence-corrected chi connectivity index (χ2v) is 9.70. The predicted molar refractivity (Wildman–Crippen MR) is 139 cm³/mol. The molecule has 0 radical (unpaired) electrons. The van der Waals surface area contributed by atoms with Gasteiger partial charge in [0.2, 0.25) is 0 Å². The van der Waals surface area contributed by atoms with E-state index in [-0.39, 0.29) is 24.8 Å². The first-order valence-corrected chi connectivity index (χ1v) is 12.1. The highest BCUT2D eigenvalue weighted by Gasteiger charge is 2.25. The Morgan fingerprint density at radius 3 is 2.00 bits per heavy atom. The molecule has 2 aromatic carbocycles. The lowest BCUT2D eigenvalue weighted by molar-refractivity contribution is -0.155. The highest BCUT2D eigenvalue weighted by atomic mass is 16.6. The van der Waals surface area contributed by atoms with Gasteiger partial charge in [-0.1, -0.05) is 60.7 Å². The number of aliphatic carboxylic acids is 1. The van der Waals surface area contributed by atoms with Crippen LogP contribution in [0.15, 0.2) is 83.8 Å². The maximum Gasteiger partial charge on any atom is 0.326 e. The van der Waals surface area contributed by atoms with Crippen LogP contribution in [0, 0.1) is 0 Å². The normalized spacial score (nSPS) is 12.1. The maximum absolute atomic E-state index is 13.5. The van der Waals surface area contributed by atoms with Crippen LogP contribution in [-0.2, 0) is 14.3 Å². The van der Waals surface area contributed by atoms with Crippen LogP contribution in [0.4, 0.5) is 0 Å². The number of carboxylic acids is 1. The fourth-order valence-electron chi connectivity index (χ4n) is 4.01. The van der Waals surface area contributed by atoms with Gasteiger partial charge in [-0.25, -0.2) is 4.79 Å². The lowest BCUT2D eigenvalue weighted by atomic mass is 9.98. The molecule has 0 aliphatic heterocycles. The number of esters is 1. The Morgan fingerprint density at radius 2 is 1.49 bits per heavy atom. The van der Waals surface area contributed by atoms with Crippen molar-refractivity contribution >= 4 is 17.8 Å². The third-order valence-electron chi connectivity index (χ3n) is 5.63. The molecule has 8 heteroatoms. The van der Waals surface area contributed by atoms with E-state index in [1.54, 1.807) is 33.0 Å². The third-order valence-corrected chi connectivity index (χ3v) is 5.63. The fourth-order valence-corrected chi connectivity index (χ4v) is 4.01. The monoisotopic (exact) mass is 504 g/mol. The molecule has 1 atom stereocenters. The predicted octanol–water partition coefficient (Wildman–Crippen LogP) is 4.18. The summed E-state index contributed by atoms with van der Waals surface area (Å²) < 4.78 is 6.71. The molecule has 1 heterocycles. The van der Waals surface area contributed by atoms with E-state index >= 15 is 0 Å². The number of carboxylic acid groups (broad SMARTS) is 1. The van der Waals surface area contributed by atoms with Gasteiger partial charge >= 0.3 is 11.9 Å². The number of nitrogens with one attached hydrogen (secondary N) is 1. The molecule has 0 saturated heterocycles. The number of benzene rings is 2. The lowest BCUT2D eigenvalue weighted by Crippen LogP contribution is -2.43. The number of carbonyl (C=O) groups excluding carboxylic acids is 2. The maximum atomic E-state index is 13.5. The molecule has 0 bridgehead atoms. The number of amides is 1. The van der Waals surface area contributed by atoms with E-state index in [4.69, 9.17) is 4.74 Å². The second-order valence-electron chi connectivity index (χ2n) is 9.70. The first-order chi connectivity index (χ1) is 17.6. The van der Waals surface area contributed by atoms with Gasteiger partial charge in [-0.05, 0) is 56.9 Å². The Bertz CT molecular complexity index is 1240. The Kier molecular flexibility index (Phi) is 9.00. The number of carbonyl (C=O) groups is 3. The Labute approximate surface area is 215 Å². The van der Waals surface area contributed by atoms with E-state index in [0.717, 1.165) is 11.1 Å². The van der Waals surface area contributed by atoms with E-state index in [1.165, 1.54) is 10.6 Å². The van der Waals surface area contributed by atoms with Crippen LogP contribution in [-0.4, -0.2) is 39.2 Å². The standard InChI is InChI=1S/C29H32N2O6/c1-29(2,3)37-24(32)18-10-17-23(28(35)36)30-26(33)22-16-11-19-31(27(22)34)25(20-12-6-4-7-13-20)21-14-8-5-9-15-21/h4-9,11-16,19,23,25H,10,17-18H2,1-3H3,(H,30,33)(H,35,36)/t23-/m0/s1. The number of pyridine rings is 1. The number of rotatable bonds is 10. The van der Waals surface area contributed by atoms with Crippen LogP contribution in [0.3, 0.4) is 0 Å². The fraction of sp³-hybridized carbons (Fsp3) is 0.310. The average Bonchev–Trinajstić information content (AvgIpc) is 2.84. The highest BCUT2D eigenvalue weighted by molar-refractivity contribution is 5.96. The van der Waals surface area contributed by atoms with E-state index in [0.29, 0.717) is 0 Å². The molecule has 1 aromatic heterocycles. The number of hydrogen-bond donors (Lipinski definition) is 2. The summed E-state index contributed by atoms with van der Waals surface area (Å²) in [5.74, 6) is -2.48. The molecule has 0 fully saturated rings. The van der Waals surface area contributed by atoms with Crippen molar-refractivity contribution < 1.29 is 24.2 Å². The van der Waals surface area contributed by atoms with Crippen molar-refractivity contribution in [2.45, 2.75) is 57.7 Å². The molecule has 37 heavy (non-hydrogen) atoms. The van der Waals surface area contributed by atoms with Crippen LogP contribution in [0.25, 0.3) is 0 Å². The van der Waals surface area contributed by atoms with Crippen LogP contribution in [0.5, 0.6) is 0 Å². The van der Waals surface area contributed by atoms with Crippen molar-refractivity contribution in [2.75, 3.05) is 0 Å². The largest absolute Gasteiger partial charge is 0.480 e. The van der Waals surface area contributed by atoms with Crippen molar-refractivity contribution in [3.05, 3.63) is 106 Å². The third kappa shape index (κ3) is 7.64. The van der Waals surface area contributed by atoms with Crippen LogP contribution in [0.1, 0.15) is 67.6 Å². The minimum absolute atomic E-state index is 0.0119. The lowest BCUT2D eigenvalue weighted by Gasteiger charge is -2.22. The number of aromatic nitrogens is 1. The molecular formula is C29H32N2O6. The summed E-state index contributed by atoms with van der Waals surface area (Å²) in [6.07, 6.45) is 1.84. The van der Waals surface area contributed by atoms with Gasteiger partial charge in [-0.3, -0.25) is 14.4 Å². The van der Waals surface area contributed by atoms with Crippen molar-refractivity contribution in [1.82, 2.24) is 9.88 Å². The zero-order valence-electron chi connectivity index (χ0n) is 21.2. The van der Waals surface area contributed by atoms with Gasteiger partial charge < -0.3 is 19.7 Å². The molecule has 0 saturated carbocycles. The molecule has 0 aliphatic rings. The van der Waals surface area contributed by atoms with Crippen LogP contribution >= 0.6 is 0 Å². The van der Waals surface area contributed by atoms with Crippen LogP contribution < -0.4 is 10.9 Å². The average molecular weight is 505 g/mol. The summed E-state index contributed by atoms with van der Waals surface area (Å²) in [5, 5.41) is 12.1. The topological polar surface area (TPSA) is 115 Å². The second kappa shape index (κ2) is 12.2. The first-order valence-electron chi connectivity index (χ1n) is 12.1. The summed E-state index contributed by atoms with van der Waals surface area (Å²) in [6.45, 7) is 5.24. The quantitative estimate of drug-likeness (QED) is 0.400. The van der Waals surface area contributed by atoms with E-state index < -0.39 is 41.1 Å². The minimum atomic E-state index is -1.26. The summed E-state index contributed by atoms with van der Waals surface area (Å²) in [4.78, 5) is 50.2. The minimum Gasteiger partial charge on any atom is -0.480 e. The Balaban J connectivity index is 1.82. The molecule has 8 nitrogen and oxygen atoms in total. The van der Waals surface area contributed by atoms with E-state index in [2.05, 4.69) is 5.32 Å². The molecule has 0 unspecified atom stereocenters. The zero-order valence-corrected chi connectivity index (χ0v) is 21.2. The number of hydrogen-bond acceptors (Lipinski definition) is 5. The molecule has 2 N–H and O–H groups in total. The van der Waals surface area contributed by atoms with Gasteiger partial charge in [0.15, 0.2) is 0 Å². The first kappa shape index (κ1) is 27.4. The van der Waals surface area contributed by atoms with Gasteiger partial charge in [0.05, 0.1) is 6.04 Å². The summed E-state index contributed by atoms with van der Waals surface area (Å²) in [5.41, 5.74) is 0.369. The summed E-state index contributed by atoms with van der Waals surface area (Å²) in [6, 6.07) is 20.1. The van der Waals surface area contributed by atoms with Crippen molar-refractivity contribution in [2.24, 2.45) is 0 Å². The summed E-state index contributed by atoms with van der Waals surface area (Å²) >= 11 is 0. The van der Waals surface area contributed by atoms with E-state index in [9.17, 15) is 24.3 Å².